The number of carbonyl (C=O) groups excluding carboxylic acids is 2. The van der Waals surface area contributed by atoms with Crippen molar-refractivity contribution < 1.29 is 19.1 Å². The molecule has 0 atom stereocenters. The van der Waals surface area contributed by atoms with Crippen molar-refractivity contribution in [2.45, 2.75) is 0 Å². The van der Waals surface area contributed by atoms with Crippen molar-refractivity contribution in [1.29, 1.82) is 0 Å². The van der Waals surface area contributed by atoms with Crippen molar-refractivity contribution in [2.75, 3.05) is 0 Å². The van der Waals surface area contributed by atoms with Crippen molar-refractivity contribution >= 4 is 39.8 Å². The zero-order chi connectivity index (χ0) is 20.2. The number of ether oxygens (including phenoxy) is 2. The lowest BCUT2D eigenvalue weighted by molar-refractivity contribution is -0.128. The van der Waals surface area contributed by atoms with Crippen molar-refractivity contribution in [3.8, 4) is 11.5 Å². The summed E-state index contributed by atoms with van der Waals surface area (Å²) < 4.78 is 11.9. The summed E-state index contributed by atoms with van der Waals surface area (Å²) in [6, 6.07) is 21.7. The van der Waals surface area contributed by atoms with Crippen LogP contribution >= 0.6 is 15.9 Å². The van der Waals surface area contributed by atoms with E-state index in [1.165, 1.54) is 6.08 Å². The number of ketones is 1. The molecule has 4 nitrogen and oxygen atoms in total. The van der Waals surface area contributed by atoms with Crippen molar-refractivity contribution in [3.63, 3.8) is 0 Å². The number of fused-ring (bicyclic) bond motifs is 1. The van der Waals surface area contributed by atoms with Gasteiger partial charge in [-0.3, -0.25) is 4.79 Å². The third-order valence-corrected chi connectivity index (χ3v) is 4.71. The van der Waals surface area contributed by atoms with Gasteiger partial charge in [-0.05, 0) is 47.5 Å². The first kappa shape index (κ1) is 18.9. The van der Waals surface area contributed by atoms with Gasteiger partial charge < -0.3 is 9.47 Å². The number of rotatable bonds is 4. The SMILES string of the molecule is O=C(C=Cc1ccccc1)Oc1ccc2c(c1)OC(=Cc1cccc(Br)c1)C2=O. The normalized spacial score (nSPS) is 14.1. The Bertz CT molecular complexity index is 1150. The molecule has 0 N–H and O–H groups in total. The summed E-state index contributed by atoms with van der Waals surface area (Å²) in [6.07, 6.45) is 4.71. The highest BCUT2D eigenvalue weighted by atomic mass is 79.9. The first-order chi connectivity index (χ1) is 14.1. The van der Waals surface area contributed by atoms with Crippen LogP contribution in [0.5, 0.6) is 11.5 Å². The third kappa shape index (κ3) is 4.52. The lowest BCUT2D eigenvalue weighted by Gasteiger charge is -2.03. The average molecular weight is 447 g/mol. The Balaban J connectivity index is 1.49. The second-order valence-corrected chi connectivity index (χ2v) is 7.23. The quantitative estimate of drug-likeness (QED) is 0.293. The van der Waals surface area contributed by atoms with Crippen LogP contribution in [0.4, 0.5) is 0 Å². The Morgan fingerprint density at radius 3 is 2.52 bits per heavy atom. The highest BCUT2D eigenvalue weighted by molar-refractivity contribution is 9.10. The summed E-state index contributed by atoms with van der Waals surface area (Å²) in [4.78, 5) is 24.6. The lowest BCUT2D eigenvalue weighted by Crippen LogP contribution is -2.03. The highest BCUT2D eigenvalue weighted by Crippen LogP contribution is 2.35. The first-order valence-electron chi connectivity index (χ1n) is 8.87. The molecule has 1 heterocycles. The van der Waals surface area contributed by atoms with Crippen LogP contribution in [-0.2, 0) is 4.79 Å². The molecule has 0 radical (unpaired) electrons. The fourth-order valence-corrected chi connectivity index (χ4v) is 3.27. The zero-order valence-electron chi connectivity index (χ0n) is 15.2. The van der Waals surface area contributed by atoms with Crippen molar-refractivity contribution in [1.82, 2.24) is 0 Å². The van der Waals surface area contributed by atoms with Gasteiger partial charge in [0.1, 0.15) is 11.5 Å². The van der Waals surface area contributed by atoms with Crippen molar-refractivity contribution in [3.05, 3.63) is 106 Å². The summed E-state index contributed by atoms with van der Waals surface area (Å²) in [5.41, 5.74) is 2.17. The molecule has 0 fully saturated rings. The lowest BCUT2D eigenvalue weighted by atomic mass is 10.1. The van der Waals surface area contributed by atoms with Gasteiger partial charge in [-0.15, -0.1) is 0 Å². The van der Waals surface area contributed by atoms with Crippen LogP contribution in [0.1, 0.15) is 21.5 Å². The summed E-state index contributed by atoms with van der Waals surface area (Å²) in [6.45, 7) is 0. The molecule has 1 aliphatic rings. The number of esters is 1. The molecule has 0 bridgehead atoms. The number of benzene rings is 3. The van der Waals surface area contributed by atoms with E-state index in [-0.39, 0.29) is 11.5 Å². The standard InChI is InChI=1S/C24H15BrO4/c25-18-8-4-7-17(13-18)14-22-24(27)20-11-10-19(15-21(20)29-22)28-23(26)12-9-16-5-2-1-3-6-16/h1-15H. The highest BCUT2D eigenvalue weighted by Gasteiger charge is 2.27. The molecule has 5 heteroatoms. The average Bonchev–Trinajstić information content (AvgIpc) is 3.02. The second kappa shape index (κ2) is 8.29. The minimum absolute atomic E-state index is 0.207. The number of halogens is 1. The molecule has 0 amide bonds. The predicted molar refractivity (Wildman–Crippen MR) is 115 cm³/mol. The maximum atomic E-state index is 12.6. The van der Waals surface area contributed by atoms with Crippen LogP contribution < -0.4 is 9.47 Å². The minimum Gasteiger partial charge on any atom is -0.452 e. The largest absolute Gasteiger partial charge is 0.452 e. The molecule has 4 rings (SSSR count). The predicted octanol–water partition coefficient (Wildman–Crippen LogP) is 5.68. The van der Waals surface area contributed by atoms with E-state index in [4.69, 9.17) is 9.47 Å². The Morgan fingerprint density at radius 1 is 0.931 bits per heavy atom. The van der Waals surface area contributed by atoms with Gasteiger partial charge in [-0.2, -0.15) is 0 Å². The molecule has 3 aromatic carbocycles. The van der Waals surface area contributed by atoms with Crippen LogP contribution in [-0.4, -0.2) is 11.8 Å². The zero-order valence-corrected chi connectivity index (χ0v) is 16.8. The van der Waals surface area contributed by atoms with Gasteiger partial charge in [0.05, 0.1) is 5.56 Å². The number of allylic oxidation sites excluding steroid dienone is 1. The van der Waals surface area contributed by atoms with Crippen LogP contribution in [0.15, 0.2) is 89.1 Å². The molecule has 0 aromatic heterocycles. The van der Waals surface area contributed by atoms with E-state index >= 15 is 0 Å². The molecule has 29 heavy (non-hydrogen) atoms. The smallest absolute Gasteiger partial charge is 0.336 e. The number of hydrogen-bond acceptors (Lipinski definition) is 4. The monoisotopic (exact) mass is 446 g/mol. The van der Waals surface area contributed by atoms with Gasteiger partial charge in [-0.1, -0.05) is 58.4 Å². The summed E-state index contributed by atoms with van der Waals surface area (Å²) in [5.74, 6) is 0.187. The Labute approximate surface area is 176 Å². The van der Waals surface area contributed by atoms with E-state index < -0.39 is 5.97 Å². The molecule has 0 saturated heterocycles. The molecular weight excluding hydrogens is 432 g/mol. The molecule has 0 spiro atoms. The summed E-state index contributed by atoms with van der Waals surface area (Å²) >= 11 is 3.41. The van der Waals surface area contributed by atoms with Gasteiger partial charge in [-0.25, -0.2) is 4.79 Å². The maximum absolute atomic E-state index is 12.6. The topological polar surface area (TPSA) is 52.6 Å². The van der Waals surface area contributed by atoms with E-state index in [2.05, 4.69) is 15.9 Å². The van der Waals surface area contributed by atoms with Crippen LogP contribution in [0.25, 0.3) is 12.2 Å². The Hall–Kier alpha value is -3.44. The van der Waals surface area contributed by atoms with Crippen LogP contribution in [0.2, 0.25) is 0 Å². The van der Waals surface area contributed by atoms with E-state index in [9.17, 15) is 9.59 Å². The molecule has 0 unspecified atom stereocenters. The molecule has 0 saturated carbocycles. The van der Waals surface area contributed by atoms with Gasteiger partial charge in [0.2, 0.25) is 5.78 Å². The number of Topliss-reactive ketones (excluding diaryl/α,β-unsaturated/α-hetero) is 1. The van der Waals surface area contributed by atoms with E-state index in [0.717, 1.165) is 15.6 Å². The second-order valence-electron chi connectivity index (χ2n) is 6.32. The molecular formula is C24H15BrO4. The fraction of sp³-hybridized carbons (Fsp3) is 0. The van der Waals surface area contributed by atoms with Gasteiger partial charge in [0, 0.05) is 16.6 Å². The molecule has 1 aliphatic heterocycles. The van der Waals surface area contributed by atoms with E-state index in [1.807, 2.05) is 54.6 Å². The number of carbonyl (C=O) groups is 2. The fourth-order valence-electron chi connectivity index (χ4n) is 2.86. The van der Waals surface area contributed by atoms with E-state index in [0.29, 0.717) is 17.1 Å². The Morgan fingerprint density at radius 2 is 1.72 bits per heavy atom. The molecule has 0 aliphatic carbocycles. The first-order valence-corrected chi connectivity index (χ1v) is 9.66. The molecule has 142 valence electrons. The third-order valence-electron chi connectivity index (χ3n) is 4.22. The molecule has 3 aromatic rings. The van der Waals surface area contributed by atoms with Gasteiger partial charge >= 0.3 is 5.97 Å². The number of hydrogen-bond donors (Lipinski definition) is 0. The summed E-state index contributed by atoms with van der Waals surface area (Å²) in [5, 5.41) is 0. The van der Waals surface area contributed by atoms with E-state index in [1.54, 1.807) is 30.4 Å². The van der Waals surface area contributed by atoms with Gasteiger partial charge in [0.25, 0.3) is 0 Å². The van der Waals surface area contributed by atoms with Gasteiger partial charge in [0.15, 0.2) is 5.76 Å². The minimum atomic E-state index is -0.511. The summed E-state index contributed by atoms with van der Waals surface area (Å²) in [7, 11) is 0. The van der Waals surface area contributed by atoms with Crippen LogP contribution in [0, 0.1) is 0 Å². The maximum Gasteiger partial charge on any atom is 0.336 e. The van der Waals surface area contributed by atoms with Crippen LogP contribution in [0.3, 0.4) is 0 Å². The van der Waals surface area contributed by atoms with Crippen molar-refractivity contribution in [2.24, 2.45) is 0 Å². The Kier molecular flexibility index (Phi) is 5.40.